The van der Waals surface area contributed by atoms with Crippen LogP contribution in [0.5, 0.6) is 0 Å². The third-order valence-corrected chi connectivity index (χ3v) is 5.28. The number of nitrogens with one attached hydrogen (secondary N) is 1. The fourth-order valence-corrected chi connectivity index (χ4v) is 3.50. The minimum atomic E-state index is -0.784. The molecule has 0 aromatic carbocycles. The van der Waals surface area contributed by atoms with Crippen molar-refractivity contribution >= 4 is 11.8 Å². The van der Waals surface area contributed by atoms with Crippen LogP contribution in [0.2, 0.25) is 0 Å². The van der Waals surface area contributed by atoms with E-state index < -0.39 is 11.1 Å². The molecule has 1 N–H and O–H groups in total. The second-order valence-electron chi connectivity index (χ2n) is 6.69. The molecule has 0 aromatic rings. The standard InChI is InChI=1S/C16H28N2O3/c1-5-15(3)14(20)18(11-12(2)21-4)16(13(19)17-15)9-7-6-8-10-16/h12H,5-11H2,1-4H3,(H,17,19). The minimum absolute atomic E-state index is 0.0226. The van der Waals surface area contributed by atoms with Crippen LogP contribution in [0.4, 0.5) is 0 Å². The second-order valence-corrected chi connectivity index (χ2v) is 6.69. The van der Waals surface area contributed by atoms with Gasteiger partial charge in [0.2, 0.25) is 11.8 Å². The number of rotatable bonds is 4. The molecule has 1 spiro atoms. The Morgan fingerprint density at radius 2 is 1.90 bits per heavy atom. The Hall–Kier alpha value is -1.10. The van der Waals surface area contributed by atoms with Gasteiger partial charge in [-0.25, -0.2) is 0 Å². The maximum atomic E-state index is 13.0. The van der Waals surface area contributed by atoms with Gasteiger partial charge >= 0.3 is 0 Å². The number of nitrogens with zero attached hydrogens (tertiary/aromatic N) is 1. The lowest BCUT2D eigenvalue weighted by Gasteiger charge is -2.53. The van der Waals surface area contributed by atoms with E-state index in [-0.39, 0.29) is 17.9 Å². The van der Waals surface area contributed by atoms with Crippen LogP contribution < -0.4 is 5.32 Å². The zero-order chi connectivity index (χ0) is 15.7. The van der Waals surface area contributed by atoms with Crippen LogP contribution in [-0.2, 0) is 14.3 Å². The van der Waals surface area contributed by atoms with E-state index in [4.69, 9.17) is 4.74 Å². The maximum absolute atomic E-state index is 13.0. The molecule has 1 heterocycles. The van der Waals surface area contributed by atoms with Gasteiger partial charge in [0.25, 0.3) is 0 Å². The normalized spacial score (nSPS) is 30.4. The zero-order valence-electron chi connectivity index (χ0n) is 13.7. The largest absolute Gasteiger partial charge is 0.380 e. The van der Waals surface area contributed by atoms with Gasteiger partial charge in [0.15, 0.2) is 0 Å². The number of carbonyl (C=O) groups excluding carboxylic acids is 2. The van der Waals surface area contributed by atoms with Crippen LogP contribution in [0, 0.1) is 0 Å². The summed E-state index contributed by atoms with van der Waals surface area (Å²) in [6.45, 7) is 6.19. The Kier molecular flexibility index (Phi) is 4.61. The van der Waals surface area contributed by atoms with E-state index in [1.54, 1.807) is 7.11 Å². The van der Waals surface area contributed by atoms with Gasteiger partial charge in [-0.05, 0) is 33.1 Å². The van der Waals surface area contributed by atoms with E-state index in [1.807, 2.05) is 25.7 Å². The van der Waals surface area contributed by atoms with Crippen molar-refractivity contribution in [1.82, 2.24) is 10.2 Å². The lowest BCUT2D eigenvalue weighted by molar-refractivity contribution is -0.167. The molecule has 2 amide bonds. The quantitative estimate of drug-likeness (QED) is 0.861. The molecule has 120 valence electrons. The lowest BCUT2D eigenvalue weighted by Crippen LogP contribution is -2.75. The first kappa shape index (κ1) is 16.3. The number of amides is 2. The molecule has 2 rings (SSSR count). The van der Waals surface area contributed by atoms with Gasteiger partial charge in [-0.3, -0.25) is 9.59 Å². The Labute approximate surface area is 127 Å². The van der Waals surface area contributed by atoms with Crippen LogP contribution in [0.1, 0.15) is 59.3 Å². The fraction of sp³-hybridized carbons (Fsp3) is 0.875. The first-order chi connectivity index (χ1) is 9.89. The molecule has 21 heavy (non-hydrogen) atoms. The highest BCUT2D eigenvalue weighted by Crippen LogP contribution is 2.39. The van der Waals surface area contributed by atoms with Crippen molar-refractivity contribution in [2.45, 2.75) is 76.5 Å². The van der Waals surface area contributed by atoms with E-state index in [2.05, 4.69) is 5.32 Å². The lowest BCUT2D eigenvalue weighted by atomic mass is 9.75. The molecule has 5 nitrogen and oxygen atoms in total. The summed E-state index contributed by atoms with van der Waals surface area (Å²) in [5.41, 5.74) is -1.44. The summed E-state index contributed by atoms with van der Waals surface area (Å²) in [7, 11) is 1.64. The third-order valence-electron chi connectivity index (χ3n) is 5.28. The van der Waals surface area contributed by atoms with Gasteiger partial charge < -0.3 is 15.0 Å². The number of ether oxygens (including phenoxy) is 1. The average molecular weight is 296 g/mol. The number of hydrogen-bond donors (Lipinski definition) is 1. The molecule has 1 saturated carbocycles. The SMILES string of the molecule is CCC1(C)NC(=O)C2(CCCCC2)N(CC(C)OC)C1=O. The molecule has 0 radical (unpaired) electrons. The third kappa shape index (κ3) is 2.68. The summed E-state index contributed by atoms with van der Waals surface area (Å²) >= 11 is 0. The van der Waals surface area contributed by atoms with E-state index in [0.717, 1.165) is 32.1 Å². The minimum Gasteiger partial charge on any atom is -0.380 e. The summed E-state index contributed by atoms with van der Waals surface area (Å²) in [6, 6.07) is 0. The maximum Gasteiger partial charge on any atom is 0.249 e. The number of hydrogen-bond acceptors (Lipinski definition) is 3. The molecule has 1 aliphatic heterocycles. The zero-order valence-corrected chi connectivity index (χ0v) is 13.7. The van der Waals surface area contributed by atoms with Crippen LogP contribution in [-0.4, -0.2) is 47.6 Å². The first-order valence-corrected chi connectivity index (χ1v) is 8.07. The van der Waals surface area contributed by atoms with Crippen molar-refractivity contribution in [3.8, 4) is 0 Å². The molecule has 2 atom stereocenters. The van der Waals surface area contributed by atoms with Crippen LogP contribution in [0.3, 0.4) is 0 Å². The van der Waals surface area contributed by atoms with Crippen LogP contribution in [0.25, 0.3) is 0 Å². The molecule has 2 aliphatic rings. The van der Waals surface area contributed by atoms with E-state index in [0.29, 0.717) is 13.0 Å². The summed E-state index contributed by atoms with van der Waals surface area (Å²) in [5.74, 6) is 0.0600. The molecule has 0 aromatic heterocycles. The van der Waals surface area contributed by atoms with Gasteiger partial charge in [0.05, 0.1) is 6.10 Å². The molecule has 1 saturated heterocycles. The molecule has 2 unspecified atom stereocenters. The van der Waals surface area contributed by atoms with Crippen molar-refractivity contribution in [3.63, 3.8) is 0 Å². The highest BCUT2D eigenvalue weighted by Gasteiger charge is 2.56. The predicted molar refractivity (Wildman–Crippen MR) is 80.8 cm³/mol. The van der Waals surface area contributed by atoms with Crippen molar-refractivity contribution in [2.24, 2.45) is 0 Å². The molecule has 0 bridgehead atoms. The summed E-state index contributed by atoms with van der Waals surface area (Å²) < 4.78 is 5.35. The van der Waals surface area contributed by atoms with Crippen molar-refractivity contribution in [1.29, 1.82) is 0 Å². The molecular weight excluding hydrogens is 268 g/mol. The van der Waals surface area contributed by atoms with Crippen LogP contribution >= 0.6 is 0 Å². The Morgan fingerprint density at radius 1 is 1.29 bits per heavy atom. The van der Waals surface area contributed by atoms with E-state index in [9.17, 15) is 9.59 Å². The van der Waals surface area contributed by atoms with E-state index in [1.165, 1.54) is 0 Å². The summed E-state index contributed by atoms with van der Waals surface area (Å²) in [6.07, 6.45) is 5.21. The van der Waals surface area contributed by atoms with Crippen molar-refractivity contribution in [2.75, 3.05) is 13.7 Å². The van der Waals surface area contributed by atoms with Crippen molar-refractivity contribution in [3.05, 3.63) is 0 Å². The number of carbonyl (C=O) groups is 2. The fourth-order valence-electron chi connectivity index (χ4n) is 3.50. The van der Waals surface area contributed by atoms with Gasteiger partial charge in [-0.15, -0.1) is 0 Å². The van der Waals surface area contributed by atoms with Gasteiger partial charge in [0, 0.05) is 13.7 Å². The number of methoxy groups -OCH3 is 1. The molecule has 2 fully saturated rings. The van der Waals surface area contributed by atoms with Gasteiger partial charge in [-0.2, -0.15) is 0 Å². The summed E-state index contributed by atoms with van der Waals surface area (Å²) in [4.78, 5) is 27.7. The summed E-state index contributed by atoms with van der Waals surface area (Å²) in [5, 5.41) is 3.00. The van der Waals surface area contributed by atoms with Gasteiger partial charge in [0.1, 0.15) is 11.1 Å². The Bertz CT molecular complexity index is 418. The first-order valence-electron chi connectivity index (χ1n) is 8.07. The van der Waals surface area contributed by atoms with E-state index >= 15 is 0 Å². The topological polar surface area (TPSA) is 58.6 Å². The molecule has 1 aliphatic carbocycles. The molecule has 5 heteroatoms. The second kappa shape index (κ2) is 5.95. The Balaban J connectivity index is 2.37. The Morgan fingerprint density at radius 3 is 2.43 bits per heavy atom. The number of piperazine rings is 1. The average Bonchev–Trinajstić information content (AvgIpc) is 2.50. The van der Waals surface area contributed by atoms with Gasteiger partial charge in [-0.1, -0.05) is 26.2 Å². The van der Waals surface area contributed by atoms with Crippen molar-refractivity contribution < 1.29 is 14.3 Å². The predicted octanol–water partition coefficient (Wildman–Crippen LogP) is 1.85. The highest BCUT2D eigenvalue weighted by molar-refractivity contribution is 6.02. The smallest absolute Gasteiger partial charge is 0.249 e. The van der Waals surface area contributed by atoms with Crippen LogP contribution in [0.15, 0.2) is 0 Å². The highest BCUT2D eigenvalue weighted by atomic mass is 16.5. The monoisotopic (exact) mass is 296 g/mol. The molecular formula is C16H28N2O3.